The van der Waals surface area contributed by atoms with Crippen molar-refractivity contribution in [3.63, 3.8) is 0 Å². The lowest BCUT2D eigenvalue weighted by molar-refractivity contribution is -0.132. The Kier molecular flexibility index (Phi) is 8.52. The SMILES string of the molecule is CCN(CC)c1ccc(C2/C(=C(/O)c3ccc(OCC(C)C)c(C)c3)C(=O)C(=O)N2c2cc(C)ccc2O)cc1. The maximum Gasteiger partial charge on any atom is 0.300 e. The summed E-state index contributed by atoms with van der Waals surface area (Å²) in [6, 6.07) is 16.8. The first-order valence-electron chi connectivity index (χ1n) is 13.8. The largest absolute Gasteiger partial charge is 0.507 e. The maximum atomic E-state index is 13.6. The molecule has 0 aliphatic carbocycles. The second kappa shape index (κ2) is 11.9. The number of aromatic hydroxyl groups is 1. The number of carbonyl (C=O) groups excluding carboxylic acids is 2. The van der Waals surface area contributed by atoms with E-state index < -0.39 is 17.7 Å². The minimum absolute atomic E-state index is 0.0308. The predicted octanol–water partition coefficient (Wildman–Crippen LogP) is 6.52. The summed E-state index contributed by atoms with van der Waals surface area (Å²) in [5, 5.41) is 22.3. The van der Waals surface area contributed by atoms with Crippen molar-refractivity contribution in [1.29, 1.82) is 0 Å². The van der Waals surface area contributed by atoms with Gasteiger partial charge in [-0.2, -0.15) is 0 Å². The third kappa shape index (κ3) is 5.55. The highest BCUT2D eigenvalue weighted by Crippen LogP contribution is 2.45. The topological polar surface area (TPSA) is 90.3 Å². The number of nitrogens with zero attached hydrogens (tertiary/aromatic N) is 2. The molecule has 0 saturated carbocycles. The van der Waals surface area contributed by atoms with Crippen molar-refractivity contribution in [2.24, 2.45) is 5.92 Å². The second-order valence-electron chi connectivity index (χ2n) is 10.6. The molecule has 3 aromatic rings. The minimum Gasteiger partial charge on any atom is -0.507 e. The predicted molar refractivity (Wildman–Crippen MR) is 159 cm³/mol. The first-order chi connectivity index (χ1) is 19.1. The van der Waals surface area contributed by atoms with Gasteiger partial charge in [0, 0.05) is 24.3 Å². The smallest absolute Gasteiger partial charge is 0.300 e. The lowest BCUT2D eigenvalue weighted by Gasteiger charge is -2.27. The van der Waals surface area contributed by atoms with Gasteiger partial charge in [-0.05, 0) is 92.8 Å². The van der Waals surface area contributed by atoms with Crippen LogP contribution in [0.1, 0.15) is 56.0 Å². The van der Waals surface area contributed by atoms with Crippen LogP contribution < -0.4 is 14.5 Å². The summed E-state index contributed by atoms with van der Waals surface area (Å²) in [6.45, 7) is 14.2. The molecule has 1 aliphatic rings. The zero-order valence-electron chi connectivity index (χ0n) is 24.1. The van der Waals surface area contributed by atoms with Crippen LogP contribution in [0.3, 0.4) is 0 Å². The number of anilines is 2. The Labute approximate surface area is 236 Å². The molecule has 2 N–H and O–H groups in total. The fraction of sp³-hybridized carbons (Fsp3) is 0.333. The van der Waals surface area contributed by atoms with Crippen LogP contribution in [-0.2, 0) is 9.59 Å². The molecule has 3 aromatic carbocycles. The van der Waals surface area contributed by atoms with Crippen LogP contribution in [0.2, 0.25) is 0 Å². The summed E-state index contributed by atoms with van der Waals surface area (Å²) < 4.78 is 5.88. The molecule has 7 nitrogen and oxygen atoms in total. The van der Waals surface area contributed by atoms with Crippen molar-refractivity contribution in [1.82, 2.24) is 0 Å². The van der Waals surface area contributed by atoms with Gasteiger partial charge in [-0.15, -0.1) is 0 Å². The molecular formula is C33H38N2O5. The van der Waals surface area contributed by atoms with E-state index in [4.69, 9.17) is 4.74 Å². The van der Waals surface area contributed by atoms with Crippen LogP contribution in [0.4, 0.5) is 11.4 Å². The number of benzene rings is 3. The van der Waals surface area contributed by atoms with Crippen LogP contribution in [0.5, 0.6) is 11.5 Å². The second-order valence-corrected chi connectivity index (χ2v) is 10.6. The van der Waals surface area contributed by atoms with Crippen LogP contribution >= 0.6 is 0 Å². The summed E-state index contributed by atoms with van der Waals surface area (Å²) in [4.78, 5) is 30.6. The average Bonchev–Trinajstić information content (AvgIpc) is 3.19. The van der Waals surface area contributed by atoms with Gasteiger partial charge in [-0.1, -0.05) is 32.0 Å². The minimum atomic E-state index is -0.935. The molecule has 0 spiro atoms. The van der Waals surface area contributed by atoms with Gasteiger partial charge < -0.3 is 19.8 Å². The fourth-order valence-electron chi connectivity index (χ4n) is 5.05. The summed E-state index contributed by atoms with van der Waals surface area (Å²) in [5.41, 5.74) is 3.87. The molecule has 1 saturated heterocycles. The zero-order chi connectivity index (χ0) is 29.1. The van der Waals surface area contributed by atoms with E-state index in [1.165, 1.54) is 11.0 Å². The van der Waals surface area contributed by atoms with E-state index in [9.17, 15) is 19.8 Å². The van der Waals surface area contributed by atoms with Gasteiger partial charge in [-0.3, -0.25) is 14.5 Å². The normalized spacial score (nSPS) is 16.6. The Morgan fingerprint density at radius 3 is 2.25 bits per heavy atom. The van der Waals surface area contributed by atoms with Crippen molar-refractivity contribution >= 4 is 28.8 Å². The summed E-state index contributed by atoms with van der Waals surface area (Å²) >= 11 is 0. The van der Waals surface area contributed by atoms with E-state index in [1.807, 2.05) is 38.1 Å². The third-order valence-electron chi connectivity index (χ3n) is 7.19. The molecule has 0 aromatic heterocycles. The van der Waals surface area contributed by atoms with E-state index in [0.717, 1.165) is 29.9 Å². The molecule has 1 aliphatic heterocycles. The lowest BCUT2D eigenvalue weighted by Crippen LogP contribution is -2.29. The average molecular weight is 543 g/mol. The van der Waals surface area contributed by atoms with E-state index >= 15 is 0 Å². The molecule has 0 radical (unpaired) electrons. The van der Waals surface area contributed by atoms with Gasteiger partial charge in [0.1, 0.15) is 17.3 Å². The highest BCUT2D eigenvalue weighted by molar-refractivity contribution is 6.52. The standard InChI is InChI=1S/C33H38N2O5/c1-7-34(8-2)25-13-10-23(11-14-25)30-29(31(37)24-12-16-28(22(6)18-24)40-19-20(3)4)32(38)33(39)35(30)26-17-21(5)9-15-27(26)36/h9-18,20,30,36-37H,7-8,19H2,1-6H3/b31-29-. The van der Waals surface area contributed by atoms with Gasteiger partial charge in [0.05, 0.1) is 23.9 Å². The molecule has 1 fully saturated rings. The Morgan fingerprint density at radius 1 is 0.975 bits per heavy atom. The Hall–Kier alpha value is -4.26. The van der Waals surface area contributed by atoms with Gasteiger partial charge >= 0.3 is 0 Å². The molecule has 40 heavy (non-hydrogen) atoms. The number of phenolic OH excluding ortho intramolecular Hbond substituents is 1. The summed E-state index contributed by atoms with van der Waals surface area (Å²) in [6.07, 6.45) is 0. The molecule has 1 amide bonds. The van der Waals surface area contributed by atoms with Crippen LogP contribution in [0, 0.1) is 19.8 Å². The molecule has 0 bridgehead atoms. The van der Waals surface area contributed by atoms with Crippen LogP contribution in [0.25, 0.3) is 5.76 Å². The Bertz CT molecular complexity index is 1440. The number of aliphatic hydroxyl groups is 1. The van der Waals surface area contributed by atoms with Gasteiger partial charge in [0.15, 0.2) is 0 Å². The monoisotopic (exact) mass is 542 g/mol. The number of rotatable bonds is 9. The fourth-order valence-corrected chi connectivity index (χ4v) is 5.05. The van der Waals surface area contributed by atoms with E-state index in [0.29, 0.717) is 29.4 Å². The summed E-state index contributed by atoms with van der Waals surface area (Å²) in [7, 11) is 0. The van der Waals surface area contributed by atoms with E-state index in [2.05, 4.69) is 32.6 Å². The van der Waals surface area contributed by atoms with Crippen molar-refractivity contribution in [2.75, 3.05) is 29.5 Å². The first kappa shape index (κ1) is 28.7. The first-order valence-corrected chi connectivity index (χ1v) is 13.8. The molecule has 4 rings (SSSR count). The number of aryl methyl sites for hydroxylation is 2. The lowest BCUT2D eigenvalue weighted by atomic mass is 9.94. The highest BCUT2D eigenvalue weighted by Gasteiger charge is 2.47. The molecular weight excluding hydrogens is 504 g/mol. The third-order valence-corrected chi connectivity index (χ3v) is 7.19. The maximum absolute atomic E-state index is 13.6. The Balaban J connectivity index is 1.87. The van der Waals surface area contributed by atoms with Gasteiger partial charge in [0.2, 0.25) is 0 Å². The quantitative estimate of drug-likeness (QED) is 0.182. The molecule has 1 unspecified atom stereocenters. The number of ketones is 1. The molecule has 7 heteroatoms. The van der Waals surface area contributed by atoms with Crippen molar-refractivity contribution in [3.05, 3.63) is 88.5 Å². The van der Waals surface area contributed by atoms with Crippen LogP contribution in [-0.4, -0.2) is 41.6 Å². The Morgan fingerprint density at radius 2 is 1.65 bits per heavy atom. The number of hydrogen-bond donors (Lipinski definition) is 2. The number of amides is 1. The zero-order valence-corrected chi connectivity index (χ0v) is 24.1. The molecule has 1 atom stereocenters. The summed E-state index contributed by atoms with van der Waals surface area (Å²) in [5.74, 6) is -0.972. The number of hydrogen-bond acceptors (Lipinski definition) is 6. The number of Topliss-reactive ketones (excluding diaryl/α,β-unsaturated/α-hetero) is 1. The van der Waals surface area contributed by atoms with E-state index in [1.54, 1.807) is 30.3 Å². The van der Waals surface area contributed by atoms with E-state index in [-0.39, 0.29) is 22.8 Å². The number of aliphatic hydroxyl groups excluding tert-OH is 1. The van der Waals surface area contributed by atoms with Crippen molar-refractivity contribution in [2.45, 2.75) is 47.6 Å². The molecule has 1 heterocycles. The highest BCUT2D eigenvalue weighted by atomic mass is 16.5. The number of phenols is 1. The number of ether oxygens (including phenoxy) is 1. The van der Waals surface area contributed by atoms with Gasteiger partial charge in [-0.25, -0.2) is 0 Å². The number of carbonyl (C=O) groups is 2. The molecule has 210 valence electrons. The van der Waals surface area contributed by atoms with Crippen LogP contribution in [0.15, 0.2) is 66.2 Å². The van der Waals surface area contributed by atoms with Crippen molar-refractivity contribution < 1.29 is 24.5 Å². The van der Waals surface area contributed by atoms with Crippen molar-refractivity contribution in [3.8, 4) is 11.5 Å². The van der Waals surface area contributed by atoms with Gasteiger partial charge in [0.25, 0.3) is 11.7 Å².